The molecule has 0 radical (unpaired) electrons. The van der Waals surface area contributed by atoms with Crippen LogP contribution in [0.3, 0.4) is 0 Å². The molecule has 0 amide bonds. The molecule has 3 rings (SSSR count). The fourth-order valence-corrected chi connectivity index (χ4v) is 6.95. The van der Waals surface area contributed by atoms with Crippen LogP contribution in [0.25, 0.3) is 0 Å². The van der Waals surface area contributed by atoms with E-state index < -0.39 is 53.2 Å². The first-order valence-electron chi connectivity index (χ1n) is 12.7. The van der Waals surface area contributed by atoms with E-state index in [0.29, 0.717) is 25.7 Å². The van der Waals surface area contributed by atoms with Crippen LogP contribution < -0.4 is 0 Å². The summed E-state index contributed by atoms with van der Waals surface area (Å²) < 4.78 is 23.4. The molecule has 8 heteroatoms. The molecule has 0 aliphatic heterocycles. The molecule has 2 bridgehead atoms. The first-order chi connectivity index (χ1) is 16.6. The van der Waals surface area contributed by atoms with E-state index in [1.807, 2.05) is 13.8 Å². The SMILES string of the molecule is C=C1[C@H](OC(C)=O)CC[C@]2(C)[C@H](OC(C)=O)[C@@H](OC(C)=O)C3=C(C)[C@H](OC(C)=O)C[C@H](C[C@@H]12)C3(C)C. The number of rotatable bonds is 4. The Hall–Kier alpha value is -2.64. The van der Waals surface area contributed by atoms with Crippen molar-refractivity contribution >= 4 is 23.9 Å². The largest absolute Gasteiger partial charge is 0.458 e. The minimum absolute atomic E-state index is 0.0361. The van der Waals surface area contributed by atoms with Crippen molar-refractivity contribution in [1.29, 1.82) is 0 Å². The van der Waals surface area contributed by atoms with Crippen molar-refractivity contribution in [2.24, 2.45) is 22.7 Å². The lowest BCUT2D eigenvalue weighted by molar-refractivity contribution is -0.187. The van der Waals surface area contributed by atoms with Gasteiger partial charge in [-0.25, -0.2) is 0 Å². The van der Waals surface area contributed by atoms with Gasteiger partial charge in [0.15, 0.2) is 6.10 Å². The van der Waals surface area contributed by atoms with E-state index in [1.165, 1.54) is 27.7 Å². The number of hydrogen-bond acceptors (Lipinski definition) is 8. The molecule has 36 heavy (non-hydrogen) atoms. The predicted molar refractivity (Wildman–Crippen MR) is 131 cm³/mol. The lowest BCUT2D eigenvalue weighted by atomic mass is 9.50. The lowest BCUT2D eigenvalue weighted by Crippen LogP contribution is -2.59. The Morgan fingerprint density at radius 2 is 1.33 bits per heavy atom. The highest BCUT2D eigenvalue weighted by Gasteiger charge is 2.60. The molecular weight excluding hydrogens is 464 g/mol. The number of carbonyl (C=O) groups excluding carboxylic acids is 4. The average molecular weight is 505 g/mol. The third-order valence-electron chi connectivity index (χ3n) is 8.66. The van der Waals surface area contributed by atoms with Crippen LogP contribution in [-0.2, 0) is 38.1 Å². The minimum Gasteiger partial charge on any atom is -0.458 e. The molecule has 2 saturated carbocycles. The minimum atomic E-state index is -0.867. The second-order valence-electron chi connectivity index (χ2n) is 11.4. The Morgan fingerprint density at radius 1 is 0.806 bits per heavy atom. The maximum absolute atomic E-state index is 12.4. The fourth-order valence-electron chi connectivity index (χ4n) is 6.95. The van der Waals surface area contributed by atoms with E-state index in [0.717, 1.165) is 16.7 Å². The van der Waals surface area contributed by atoms with Gasteiger partial charge in [-0.15, -0.1) is 0 Å². The highest BCUT2D eigenvalue weighted by atomic mass is 16.6. The zero-order valence-electron chi connectivity index (χ0n) is 22.8. The van der Waals surface area contributed by atoms with Crippen molar-refractivity contribution in [3.63, 3.8) is 0 Å². The van der Waals surface area contributed by atoms with Crippen LogP contribution in [0.5, 0.6) is 0 Å². The number of carbonyl (C=O) groups is 4. The summed E-state index contributed by atoms with van der Waals surface area (Å²) in [6.45, 7) is 17.9. The smallest absolute Gasteiger partial charge is 0.303 e. The van der Waals surface area contributed by atoms with Crippen LogP contribution in [0, 0.1) is 22.7 Å². The molecular formula is C28H40O8. The summed E-state index contributed by atoms with van der Waals surface area (Å²) in [5.41, 5.74) is 1.33. The monoisotopic (exact) mass is 504 g/mol. The number of fused-ring (bicyclic) bond motifs is 3. The summed E-state index contributed by atoms with van der Waals surface area (Å²) >= 11 is 0. The van der Waals surface area contributed by atoms with E-state index in [9.17, 15) is 19.2 Å². The van der Waals surface area contributed by atoms with Gasteiger partial charge >= 0.3 is 23.9 Å². The van der Waals surface area contributed by atoms with Gasteiger partial charge in [0, 0.05) is 33.1 Å². The lowest BCUT2D eigenvalue weighted by Gasteiger charge is -2.58. The molecule has 7 atom stereocenters. The van der Waals surface area contributed by atoms with Crippen molar-refractivity contribution in [2.45, 2.75) is 105 Å². The van der Waals surface area contributed by atoms with Gasteiger partial charge in [0.2, 0.25) is 0 Å². The molecule has 0 aromatic carbocycles. The Morgan fingerprint density at radius 3 is 1.86 bits per heavy atom. The standard InChI is InChI=1S/C28H40O8/c1-14-21-12-20-13-23(34-17(4)30)15(2)24(27(20,7)8)25(35-18(5)31)26(36-19(6)32)28(21,9)11-10-22(14)33-16(3)29/h20-23,25-26H,1,10-13H2,2-9H3/t20-,21-,22+,23+,25-,26+,28-/m0/s1. The number of ether oxygens (including phenoxy) is 4. The van der Waals surface area contributed by atoms with Crippen molar-refractivity contribution in [3.05, 3.63) is 23.3 Å². The molecule has 0 heterocycles. The van der Waals surface area contributed by atoms with Crippen LogP contribution in [0.1, 0.15) is 81.1 Å². The van der Waals surface area contributed by atoms with Crippen LogP contribution in [0.15, 0.2) is 23.3 Å². The van der Waals surface area contributed by atoms with Gasteiger partial charge in [0.25, 0.3) is 0 Å². The highest BCUT2D eigenvalue weighted by molar-refractivity contribution is 5.69. The first-order valence-corrected chi connectivity index (χ1v) is 12.7. The second-order valence-corrected chi connectivity index (χ2v) is 11.4. The maximum atomic E-state index is 12.4. The number of hydrogen-bond donors (Lipinski definition) is 0. The molecule has 3 aliphatic rings. The van der Waals surface area contributed by atoms with Crippen LogP contribution in [0.4, 0.5) is 0 Å². The quantitative estimate of drug-likeness (QED) is 0.314. The Kier molecular flexibility index (Phi) is 7.78. The zero-order valence-corrected chi connectivity index (χ0v) is 22.8. The Balaban J connectivity index is 2.27. The van der Waals surface area contributed by atoms with Gasteiger partial charge in [-0.05, 0) is 66.6 Å². The van der Waals surface area contributed by atoms with Crippen molar-refractivity contribution < 1.29 is 38.1 Å². The second kappa shape index (κ2) is 10.0. The van der Waals surface area contributed by atoms with Gasteiger partial charge in [-0.2, -0.15) is 0 Å². The molecule has 0 unspecified atom stereocenters. The van der Waals surface area contributed by atoms with Gasteiger partial charge in [-0.1, -0.05) is 27.4 Å². The summed E-state index contributed by atoms with van der Waals surface area (Å²) in [4.78, 5) is 48.7. The third-order valence-corrected chi connectivity index (χ3v) is 8.66. The molecule has 8 nitrogen and oxygen atoms in total. The average Bonchev–Trinajstić information content (AvgIpc) is 2.72. The number of esters is 4. The molecule has 3 aliphatic carbocycles. The summed E-state index contributed by atoms with van der Waals surface area (Å²) in [6, 6.07) is 0. The Labute approximate surface area is 213 Å². The highest BCUT2D eigenvalue weighted by Crippen LogP contribution is 2.60. The first kappa shape index (κ1) is 27.9. The fraction of sp³-hybridized carbons (Fsp3) is 0.714. The van der Waals surface area contributed by atoms with E-state index in [4.69, 9.17) is 18.9 Å². The molecule has 200 valence electrons. The van der Waals surface area contributed by atoms with Crippen molar-refractivity contribution in [1.82, 2.24) is 0 Å². The van der Waals surface area contributed by atoms with Crippen LogP contribution in [-0.4, -0.2) is 48.3 Å². The summed E-state index contributed by atoms with van der Waals surface area (Å²) in [7, 11) is 0. The van der Waals surface area contributed by atoms with Gasteiger partial charge in [0.05, 0.1) is 0 Å². The molecule has 0 spiro atoms. The van der Waals surface area contributed by atoms with Crippen LogP contribution >= 0.6 is 0 Å². The predicted octanol–water partition coefficient (Wildman–Crippen LogP) is 4.45. The van der Waals surface area contributed by atoms with Gasteiger partial charge in [-0.3, -0.25) is 19.2 Å². The summed E-state index contributed by atoms with van der Waals surface area (Å²) in [6.07, 6.45) is -0.234. The van der Waals surface area contributed by atoms with E-state index in [1.54, 1.807) is 0 Å². The van der Waals surface area contributed by atoms with Gasteiger partial charge in [0.1, 0.15) is 18.3 Å². The Bertz CT molecular complexity index is 992. The normalized spacial score (nSPS) is 35.5. The topological polar surface area (TPSA) is 105 Å². The summed E-state index contributed by atoms with van der Waals surface area (Å²) in [5.74, 6) is -1.90. The van der Waals surface area contributed by atoms with E-state index in [2.05, 4.69) is 20.4 Å². The van der Waals surface area contributed by atoms with Crippen LogP contribution in [0.2, 0.25) is 0 Å². The molecule has 0 aromatic rings. The van der Waals surface area contributed by atoms with Crippen molar-refractivity contribution in [2.75, 3.05) is 0 Å². The molecule has 0 saturated heterocycles. The van der Waals surface area contributed by atoms with E-state index >= 15 is 0 Å². The van der Waals surface area contributed by atoms with E-state index in [-0.39, 0.29) is 17.8 Å². The maximum Gasteiger partial charge on any atom is 0.303 e. The zero-order chi connectivity index (χ0) is 27.2. The third kappa shape index (κ3) is 5.09. The molecule has 0 aromatic heterocycles. The molecule has 0 N–H and O–H groups in total. The van der Waals surface area contributed by atoms with Crippen molar-refractivity contribution in [3.8, 4) is 0 Å². The summed E-state index contributed by atoms with van der Waals surface area (Å²) in [5, 5.41) is 0. The molecule has 2 fully saturated rings. The van der Waals surface area contributed by atoms with Gasteiger partial charge < -0.3 is 18.9 Å².